The molecule has 3 aromatic rings. The zero-order chi connectivity index (χ0) is 15.4. The van der Waals surface area contributed by atoms with Gasteiger partial charge in [0, 0.05) is 12.4 Å². The van der Waals surface area contributed by atoms with Gasteiger partial charge in [0.15, 0.2) is 6.61 Å². The van der Waals surface area contributed by atoms with Crippen LogP contribution in [0, 0.1) is 0 Å². The molecule has 0 N–H and O–H groups in total. The van der Waals surface area contributed by atoms with E-state index in [0.29, 0.717) is 12.3 Å². The van der Waals surface area contributed by atoms with E-state index in [4.69, 9.17) is 9.15 Å². The first-order valence-corrected chi connectivity index (χ1v) is 7.11. The molecule has 4 nitrogen and oxygen atoms in total. The Kier molecular flexibility index (Phi) is 4.10. The van der Waals surface area contributed by atoms with Gasteiger partial charge in [-0.25, -0.2) is 0 Å². The van der Waals surface area contributed by atoms with Crippen LogP contribution in [0.2, 0.25) is 0 Å². The molecule has 0 spiro atoms. The lowest BCUT2D eigenvalue weighted by Crippen LogP contribution is -2.30. The van der Waals surface area contributed by atoms with Gasteiger partial charge in [0.05, 0.1) is 6.54 Å². The summed E-state index contributed by atoms with van der Waals surface area (Å²) in [4.78, 5) is 13.7. The van der Waals surface area contributed by atoms with Gasteiger partial charge in [-0.05, 0) is 24.3 Å². The molecule has 0 fully saturated rings. The van der Waals surface area contributed by atoms with Crippen LogP contribution in [-0.2, 0) is 11.3 Å². The van der Waals surface area contributed by atoms with Crippen molar-refractivity contribution in [3.63, 3.8) is 0 Å². The second-order valence-corrected chi connectivity index (χ2v) is 5.10. The highest BCUT2D eigenvalue weighted by Gasteiger charge is 2.12. The van der Waals surface area contributed by atoms with Crippen LogP contribution in [0.1, 0.15) is 5.76 Å². The predicted octanol–water partition coefficient (Wildman–Crippen LogP) is 3.47. The van der Waals surface area contributed by atoms with Crippen molar-refractivity contribution in [2.75, 3.05) is 13.7 Å². The van der Waals surface area contributed by atoms with E-state index >= 15 is 0 Å². The van der Waals surface area contributed by atoms with Crippen LogP contribution >= 0.6 is 0 Å². The molecule has 0 aliphatic heterocycles. The van der Waals surface area contributed by atoms with Crippen molar-refractivity contribution in [3.05, 3.63) is 66.4 Å². The summed E-state index contributed by atoms with van der Waals surface area (Å²) < 4.78 is 11.2. The molecule has 0 bridgehead atoms. The van der Waals surface area contributed by atoms with Crippen molar-refractivity contribution in [2.45, 2.75) is 6.54 Å². The van der Waals surface area contributed by atoms with Crippen LogP contribution in [0.3, 0.4) is 0 Å². The zero-order valence-electron chi connectivity index (χ0n) is 12.4. The molecule has 0 radical (unpaired) electrons. The van der Waals surface area contributed by atoms with Gasteiger partial charge in [-0.15, -0.1) is 0 Å². The number of hydrogen-bond acceptors (Lipinski definition) is 3. The summed E-state index contributed by atoms with van der Waals surface area (Å²) in [7, 11) is 1.74. The molecule has 3 rings (SSSR count). The fraction of sp³-hybridized carbons (Fsp3) is 0.167. The van der Waals surface area contributed by atoms with E-state index in [-0.39, 0.29) is 12.5 Å². The minimum atomic E-state index is -0.0932. The number of likely N-dealkylation sites (N-methyl/N-ethyl adjacent to an activating group) is 1. The third-order valence-electron chi connectivity index (χ3n) is 3.40. The molecule has 1 amide bonds. The van der Waals surface area contributed by atoms with Crippen molar-refractivity contribution in [1.29, 1.82) is 0 Å². The molecular formula is C18H17NO3. The predicted molar refractivity (Wildman–Crippen MR) is 84.6 cm³/mol. The first-order valence-electron chi connectivity index (χ1n) is 7.11. The fourth-order valence-corrected chi connectivity index (χ4v) is 2.21. The van der Waals surface area contributed by atoms with Gasteiger partial charge >= 0.3 is 0 Å². The van der Waals surface area contributed by atoms with E-state index in [0.717, 1.165) is 16.7 Å². The smallest absolute Gasteiger partial charge is 0.260 e. The first-order chi connectivity index (χ1) is 10.7. The number of nitrogens with zero attached hydrogens (tertiary/aromatic N) is 1. The molecule has 0 aliphatic carbocycles. The minimum absolute atomic E-state index is 0.0146. The normalized spacial score (nSPS) is 10.6. The third-order valence-corrected chi connectivity index (χ3v) is 3.40. The van der Waals surface area contributed by atoms with Gasteiger partial charge in [-0.3, -0.25) is 4.79 Å². The van der Waals surface area contributed by atoms with Gasteiger partial charge in [0.25, 0.3) is 5.91 Å². The van der Waals surface area contributed by atoms with Gasteiger partial charge in [0.1, 0.15) is 17.1 Å². The van der Waals surface area contributed by atoms with Crippen LogP contribution in [-0.4, -0.2) is 24.5 Å². The standard InChI is InChI=1S/C18H17NO3/c1-19(18(20)13-21-15-8-3-2-4-9-15)12-16-11-14-7-5-6-10-17(14)22-16/h2-11H,12-13H2,1H3. The largest absolute Gasteiger partial charge is 0.484 e. The summed E-state index contributed by atoms with van der Waals surface area (Å²) in [6.45, 7) is 0.437. The molecule has 4 heteroatoms. The highest BCUT2D eigenvalue weighted by atomic mass is 16.5. The molecule has 0 aliphatic rings. The van der Waals surface area contributed by atoms with Crippen LogP contribution in [0.25, 0.3) is 11.0 Å². The van der Waals surface area contributed by atoms with Crippen molar-refractivity contribution in [1.82, 2.24) is 4.90 Å². The molecule has 22 heavy (non-hydrogen) atoms. The van der Waals surface area contributed by atoms with Crippen molar-refractivity contribution in [2.24, 2.45) is 0 Å². The maximum absolute atomic E-state index is 12.1. The van der Waals surface area contributed by atoms with E-state index in [9.17, 15) is 4.79 Å². The topological polar surface area (TPSA) is 42.7 Å². The number of amides is 1. The number of para-hydroxylation sites is 2. The van der Waals surface area contributed by atoms with Gasteiger partial charge in [-0.1, -0.05) is 36.4 Å². The molecule has 2 aromatic carbocycles. The highest BCUT2D eigenvalue weighted by Crippen LogP contribution is 2.19. The second kappa shape index (κ2) is 6.35. The van der Waals surface area contributed by atoms with E-state index in [1.165, 1.54) is 0 Å². The lowest BCUT2D eigenvalue weighted by Gasteiger charge is -2.16. The number of hydrogen-bond donors (Lipinski definition) is 0. The number of fused-ring (bicyclic) bond motifs is 1. The monoisotopic (exact) mass is 295 g/mol. The molecule has 112 valence electrons. The van der Waals surface area contributed by atoms with E-state index in [1.807, 2.05) is 60.7 Å². The van der Waals surface area contributed by atoms with Crippen molar-refractivity contribution >= 4 is 16.9 Å². The van der Waals surface area contributed by atoms with Gasteiger partial charge in [0.2, 0.25) is 0 Å². The Balaban J connectivity index is 1.58. The number of carbonyl (C=O) groups excluding carboxylic acids is 1. The Morgan fingerprint density at radius 1 is 1.09 bits per heavy atom. The van der Waals surface area contributed by atoms with Gasteiger partial charge in [-0.2, -0.15) is 0 Å². The molecule has 1 aromatic heterocycles. The maximum atomic E-state index is 12.1. The van der Waals surface area contributed by atoms with Crippen LogP contribution in [0.5, 0.6) is 5.75 Å². The lowest BCUT2D eigenvalue weighted by atomic mass is 10.2. The Bertz CT molecular complexity index is 731. The molecule has 0 saturated heterocycles. The summed E-state index contributed by atoms with van der Waals surface area (Å²) in [6, 6.07) is 19.1. The Morgan fingerprint density at radius 3 is 2.59 bits per heavy atom. The highest BCUT2D eigenvalue weighted by molar-refractivity contribution is 5.79. The number of furan rings is 1. The molecule has 0 unspecified atom stereocenters. The minimum Gasteiger partial charge on any atom is -0.484 e. The summed E-state index contributed by atoms with van der Waals surface area (Å²) in [6.07, 6.45) is 0. The summed E-state index contributed by atoms with van der Waals surface area (Å²) in [5.41, 5.74) is 0.832. The fourth-order valence-electron chi connectivity index (χ4n) is 2.21. The van der Waals surface area contributed by atoms with Crippen molar-refractivity contribution in [3.8, 4) is 5.75 Å². The van der Waals surface area contributed by atoms with E-state index in [2.05, 4.69) is 0 Å². The lowest BCUT2D eigenvalue weighted by molar-refractivity contribution is -0.132. The summed E-state index contributed by atoms with van der Waals surface area (Å²) in [5.74, 6) is 1.36. The van der Waals surface area contributed by atoms with E-state index in [1.54, 1.807) is 11.9 Å². The van der Waals surface area contributed by atoms with Crippen molar-refractivity contribution < 1.29 is 13.9 Å². The summed E-state index contributed by atoms with van der Waals surface area (Å²) >= 11 is 0. The number of benzene rings is 2. The quantitative estimate of drug-likeness (QED) is 0.724. The maximum Gasteiger partial charge on any atom is 0.260 e. The Labute approximate surface area is 128 Å². The number of rotatable bonds is 5. The number of carbonyl (C=O) groups is 1. The van der Waals surface area contributed by atoms with Gasteiger partial charge < -0.3 is 14.1 Å². The Hall–Kier alpha value is -2.75. The molecule has 0 saturated carbocycles. The third kappa shape index (κ3) is 3.28. The van der Waals surface area contributed by atoms with E-state index < -0.39 is 0 Å². The van der Waals surface area contributed by atoms with Crippen LogP contribution < -0.4 is 4.74 Å². The van der Waals surface area contributed by atoms with Crippen LogP contribution in [0.15, 0.2) is 65.1 Å². The first kappa shape index (κ1) is 14.2. The zero-order valence-corrected chi connectivity index (χ0v) is 12.4. The second-order valence-electron chi connectivity index (χ2n) is 5.10. The average molecular weight is 295 g/mol. The van der Waals surface area contributed by atoms with Crippen LogP contribution in [0.4, 0.5) is 0 Å². The molecule has 0 atom stereocenters. The molecule has 1 heterocycles. The molecular weight excluding hydrogens is 278 g/mol. The SMILES string of the molecule is CN(Cc1cc2ccccc2o1)C(=O)COc1ccccc1. The Morgan fingerprint density at radius 2 is 1.82 bits per heavy atom. The number of ether oxygens (including phenoxy) is 1. The summed E-state index contributed by atoms with van der Waals surface area (Å²) in [5, 5.41) is 1.04. The average Bonchev–Trinajstić information content (AvgIpc) is 2.95.